The van der Waals surface area contributed by atoms with Crippen LogP contribution in [-0.4, -0.2) is 29.8 Å². The summed E-state index contributed by atoms with van der Waals surface area (Å²) in [6.07, 6.45) is 7.71. The molecule has 2 amide bonds. The molecule has 27 heavy (non-hydrogen) atoms. The van der Waals surface area contributed by atoms with Gasteiger partial charge in [0.15, 0.2) is 0 Å². The van der Waals surface area contributed by atoms with Crippen LogP contribution in [0.2, 0.25) is 0 Å². The highest BCUT2D eigenvalue weighted by molar-refractivity contribution is 6.22. The van der Waals surface area contributed by atoms with E-state index in [0.717, 1.165) is 64.5 Å². The van der Waals surface area contributed by atoms with Crippen molar-refractivity contribution in [1.29, 1.82) is 0 Å². The van der Waals surface area contributed by atoms with Gasteiger partial charge in [-0.05, 0) is 37.8 Å². The van der Waals surface area contributed by atoms with Crippen molar-refractivity contribution >= 4 is 28.9 Å². The van der Waals surface area contributed by atoms with Crippen molar-refractivity contribution in [2.24, 2.45) is 11.8 Å². The molecule has 144 valence electrons. The van der Waals surface area contributed by atoms with E-state index in [1.807, 2.05) is 0 Å². The molecule has 0 spiro atoms. The fraction of sp³-hybridized carbons (Fsp3) is 0.600. The van der Waals surface area contributed by atoms with Crippen LogP contribution in [0.1, 0.15) is 51.4 Å². The number of carbonyl (C=O) groups excluding carboxylic acids is 2. The number of benzene rings is 1. The third kappa shape index (κ3) is 3.19. The molecule has 0 N–H and O–H groups in total. The molecule has 2 heterocycles. The Morgan fingerprint density at radius 2 is 1.48 bits per heavy atom. The highest BCUT2D eigenvalue weighted by Crippen LogP contribution is 2.42. The highest BCUT2D eigenvalue weighted by Gasteiger charge is 2.49. The first kappa shape index (κ1) is 17.9. The number of carbonyl (C=O) groups is 2. The zero-order chi connectivity index (χ0) is 19.0. The molecule has 7 nitrogen and oxygen atoms in total. The first-order valence-electron chi connectivity index (χ1n) is 9.99. The molecular formula is C20H25N3O4. The summed E-state index contributed by atoms with van der Waals surface area (Å²) in [6, 6.07) is 4.81. The van der Waals surface area contributed by atoms with Gasteiger partial charge < -0.3 is 4.90 Å². The SMILES string of the molecule is O=C1[C@H]2CCCC[C@@H]2C(=O)N1c1ccc(N2CCCCCC2)c([N+](=O)[O-])c1. The van der Waals surface area contributed by atoms with Gasteiger partial charge >= 0.3 is 0 Å². The highest BCUT2D eigenvalue weighted by atomic mass is 16.6. The molecule has 2 atom stereocenters. The van der Waals surface area contributed by atoms with Crippen molar-refractivity contribution in [1.82, 2.24) is 0 Å². The van der Waals surface area contributed by atoms with Crippen molar-refractivity contribution in [2.75, 3.05) is 22.9 Å². The molecule has 0 unspecified atom stereocenters. The van der Waals surface area contributed by atoms with Crippen molar-refractivity contribution in [3.63, 3.8) is 0 Å². The van der Waals surface area contributed by atoms with Crippen LogP contribution in [0.4, 0.5) is 17.1 Å². The minimum absolute atomic E-state index is 0.0233. The van der Waals surface area contributed by atoms with E-state index in [2.05, 4.69) is 4.90 Å². The van der Waals surface area contributed by atoms with Crippen LogP contribution < -0.4 is 9.80 Å². The summed E-state index contributed by atoms with van der Waals surface area (Å²) in [7, 11) is 0. The Bertz CT molecular complexity index is 746. The normalized spacial score (nSPS) is 26.1. The van der Waals surface area contributed by atoms with Gasteiger partial charge in [-0.1, -0.05) is 25.7 Å². The van der Waals surface area contributed by atoms with E-state index in [1.165, 1.54) is 11.0 Å². The summed E-state index contributed by atoms with van der Waals surface area (Å²) in [5, 5.41) is 11.7. The van der Waals surface area contributed by atoms with Gasteiger partial charge in [-0.2, -0.15) is 0 Å². The molecule has 0 aromatic heterocycles. The molecule has 1 saturated carbocycles. The predicted molar refractivity (Wildman–Crippen MR) is 102 cm³/mol. The summed E-state index contributed by atoms with van der Waals surface area (Å²) in [5.41, 5.74) is 0.900. The van der Waals surface area contributed by atoms with Gasteiger partial charge in [-0.3, -0.25) is 19.7 Å². The van der Waals surface area contributed by atoms with Gasteiger partial charge in [-0.25, -0.2) is 4.90 Å². The van der Waals surface area contributed by atoms with E-state index in [0.29, 0.717) is 11.4 Å². The van der Waals surface area contributed by atoms with Crippen LogP contribution in [0, 0.1) is 22.0 Å². The second-order valence-electron chi connectivity index (χ2n) is 7.84. The van der Waals surface area contributed by atoms with Gasteiger partial charge in [0.05, 0.1) is 22.4 Å². The number of imide groups is 1. The minimum Gasteiger partial charge on any atom is -0.366 e. The van der Waals surface area contributed by atoms with Crippen LogP contribution in [0.15, 0.2) is 18.2 Å². The van der Waals surface area contributed by atoms with E-state index in [1.54, 1.807) is 12.1 Å². The Labute approximate surface area is 158 Å². The summed E-state index contributed by atoms with van der Waals surface area (Å²) < 4.78 is 0. The Morgan fingerprint density at radius 1 is 0.889 bits per heavy atom. The van der Waals surface area contributed by atoms with Gasteiger partial charge in [0, 0.05) is 19.2 Å². The number of nitro groups is 1. The lowest BCUT2D eigenvalue weighted by Gasteiger charge is -2.23. The third-order valence-corrected chi connectivity index (χ3v) is 6.20. The first-order chi connectivity index (χ1) is 13.1. The number of rotatable bonds is 3. The quantitative estimate of drug-likeness (QED) is 0.460. The van der Waals surface area contributed by atoms with Crippen molar-refractivity contribution in [2.45, 2.75) is 51.4 Å². The largest absolute Gasteiger partial charge is 0.366 e. The second-order valence-corrected chi connectivity index (χ2v) is 7.84. The van der Waals surface area contributed by atoms with Crippen LogP contribution in [0.5, 0.6) is 0 Å². The van der Waals surface area contributed by atoms with Crippen LogP contribution in [-0.2, 0) is 9.59 Å². The molecular weight excluding hydrogens is 346 g/mol. The summed E-state index contributed by atoms with van der Waals surface area (Å²) in [5.74, 6) is -0.894. The van der Waals surface area contributed by atoms with Crippen LogP contribution in [0.25, 0.3) is 0 Å². The number of nitrogens with zero attached hydrogens (tertiary/aromatic N) is 3. The Hall–Kier alpha value is -2.44. The molecule has 1 aromatic carbocycles. The minimum atomic E-state index is -0.401. The number of hydrogen-bond donors (Lipinski definition) is 0. The maximum absolute atomic E-state index is 12.8. The fourth-order valence-corrected chi connectivity index (χ4v) is 4.79. The number of fused-ring (bicyclic) bond motifs is 1. The van der Waals surface area contributed by atoms with E-state index in [9.17, 15) is 19.7 Å². The zero-order valence-electron chi connectivity index (χ0n) is 15.4. The lowest BCUT2D eigenvalue weighted by molar-refractivity contribution is -0.384. The lowest BCUT2D eigenvalue weighted by Crippen LogP contribution is -2.31. The molecule has 3 aliphatic rings. The summed E-state index contributed by atoms with van der Waals surface area (Å²) in [6.45, 7) is 1.60. The standard InChI is InChI=1S/C20H25N3O4/c24-19-15-7-3-4-8-16(15)20(25)22(19)14-9-10-17(18(13-14)23(26)27)21-11-5-1-2-6-12-21/h9-10,13,15-16H,1-8,11-12H2/t15-,16-/m0/s1. The topological polar surface area (TPSA) is 83.8 Å². The third-order valence-electron chi connectivity index (χ3n) is 6.20. The molecule has 4 rings (SSSR count). The summed E-state index contributed by atoms with van der Waals surface area (Å²) >= 11 is 0. The number of hydrogen-bond acceptors (Lipinski definition) is 5. The lowest BCUT2D eigenvalue weighted by atomic mass is 9.81. The second kappa shape index (κ2) is 7.29. The van der Waals surface area contributed by atoms with E-state index < -0.39 is 4.92 Å². The van der Waals surface area contributed by atoms with Gasteiger partial charge in [-0.15, -0.1) is 0 Å². The maximum Gasteiger partial charge on any atom is 0.294 e. The predicted octanol–water partition coefficient (Wildman–Crippen LogP) is 3.65. The van der Waals surface area contributed by atoms with E-state index in [-0.39, 0.29) is 29.3 Å². The monoisotopic (exact) mass is 371 g/mol. The average Bonchev–Trinajstić information content (AvgIpc) is 2.86. The molecule has 1 aromatic rings. The fourth-order valence-electron chi connectivity index (χ4n) is 4.79. The molecule has 2 saturated heterocycles. The van der Waals surface area contributed by atoms with Crippen molar-refractivity contribution < 1.29 is 14.5 Å². The van der Waals surface area contributed by atoms with Gasteiger partial charge in [0.1, 0.15) is 5.69 Å². The van der Waals surface area contributed by atoms with Crippen molar-refractivity contribution in [3.05, 3.63) is 28.3 Å². The van der Waals surface area contributed by atoms with Gasteiger partial charge in [0.2, 0.25) is 11.8 Å². The molecule has 7 heteroatoms. The maximum atomic E-state index is 12.8. The molecule has 0 radical (unpaired) electrons. The van der Waals surface area contributed by atoms with Crippen LogP contribution in [0.3, 0.4) is 0 Å². The molecule has 1 aliphatic carbocycles. The number of amides is 2. The number of nitro benzene ring substituents is 1. The zero-order valence-corrected chi connectivity index (χ0v) is 15.4. The average molecular weight is 371 g/mol. The molecule has 0 bridgehead atoms. The first-order valence-corrected chi connectivity index (χ1v) is 9.99. The molecule has 3 fully saturated rings. The van der Waals surface area contributed by atoms with Crippen LogP contribution >= 0.6 is 0 Å². The van der Waals surface area contributed by atoms with Crippen molar-refractivity contribution in [3.8, 4) is 0 Å². The Kier molecular flexibility index (Phi) is 4.85. The Balaban J connectivity index is 1.68. The molecule has 2 aliphatic heterocycles. The van der Waals surface area contributed by atoms with E-state index in [4.69, 9.17) is 0 Å². The smallest absolute Gasteiger partial charge is 0.294 e. The Morgan fingerprint density at radius 3 is 2.04 bits per heavy atom. The summed E-state index contributed by atoms with van der Waals surface area (Å²) in [4.78, 5) is 40.2. The van der Waals surface area contributed by atoms with E-state index >= 15 is 0 Å². The number of anilines is 2. The van der Waals surface area contributed by atoms with Gasteiger partial charge in [0.25, 0.3) is 5.69 Å².